The normalized spacial score (nSPS) is 12.3. The highest BCUT2D eigenvalue weighted by atomic mass is 15.0. The monoisotopic (exact) mass is 215 g/mol. The topological polar surface area (TPSA) is 104 Å². The lowest BCUT2D eigenvalue weighted by atomic mass is 10.0. The maximum absolute atomic E-state index is 5.79. The van der Waals surface area contributed by atoms with Crippen LogP contribution in [0.1, 0.15) is 17.3 Å². The van der Waals surface area contributed by atoms with E-state index >= 15 is 0 Å². The maximum Gasteiger partial charge on any atom is 0.150 e. The van der Waals surface area contributed by atoms with Crippen molar-refractivity contribution in [2.24, 2.45) is 0 Å². The third kappa shape index (κ3) is 1.77. The van der Waals surface area contributed by atoms with Gasteiger partial charge >= 0.3 is 0 Å². The predicted octanol–water partition coefficient (Wildman–Crippen LogP) is 0.397. The largest absolute Gasteiger partial charge is 0.394 e. The molecule has 0 spiro atoms. The highest BCUT2D eigenvalue weighted by molar-refractivity contribution is 5.62. The summed E-state index contributed by atoms with van der Waals surface area (Å²) in [7, 11) is 0. The quantitative estimate of drug-likeness (QED) is 0.751. The molecule has 1 radical (unpaired) electrons. The molecule has 1 atom stereocenters. The van der Waals surface area contributed by atoms with Crippen molar-refractivity contribution in [2.75, 3.05) is 11.5 Å². The van der Waals surface area contributed by atoms with E-state index in [0.29, 0.717) is 11.4 Å². The van der Waals surface area contributed by atoms with Gasteiger partial charge in [-0.25, -0.2) is 19.9 Å². The summed E-state index contributed by atoms with van der Waals surface area (Å²) in [5.74, 6) is -0.0268. The molecule has 0 aromatic carbocycles. The Labute approximate surface area is 92.8 Å². The number of nitrogen functional groups attached to an aromatic ring is 2. The second-order valence-corrected chi connectivity index (χ2v) is 3.24. The first kappa shape index (κ1) is 10.3. The lowest BCUT2D eigenvalue weighted by Crippen LogP contribution is -2.09. The minimum atomic E-state index is -0.284. The van der Waals surface area contributed by atoms with Crippen molar-refractivity contribution in [1.82, 2.24) is 19.9 Å². The molecule has 0 aliphatic carbocycles. The van der Waals surface area contributed by atoms with Gasteiger partial charge < -0.3 is 11.5 Å². The molecular weight excluding hydrogens is 204 g/mol. The molecule has 2 heterocycles. The van der Waals surface area contributed by atoms with Gasteiger partial charge in [0, 0.05) is 12.1 Å². The molecule has 0 fully saturated rings. The van der Waals surface area contributed by atoms with E-state index in [0.717, 1.165) is 5.69 Å². The van der Waals surface area contributed by atoms with Crippen molar-refractivity contribution in [1.29, 1.82) is 0 Å². The molecule has 0 amide bonds. The molecule has 0 bridgehead atoms. The second kappa shape index (κ2) is 4.09. The van der Waals surface area contributed by atoms with Gasteiger partial charge in [-0.1, -0.05) is 0 Å². The Morgan fingerprint density at radius 1 is 1.12 bits per heavy atom. The van der Waals surface area contributed by atoms with E-state index in [1.165, 1.54) is 12.7 Å². The van der Waals surface area contributed by atoms with Gasteiger partial charge in [0.1, 0.15) is 18.5 Å². The Balaban J connectivity index is 2.42. The van der Waals surface area contributed by atoms with E-state index in [1.54, 1.807) is 12.3 Å². The van der Waals surface area contributed by atoms with Crippen LogP contribution in [0.2, 0.25) is 0 Å². The molecule has 16 heavy (non-hydrogen) atoms. The number of nitrogens with zero attached hydrogens (tertiary/aromatic N) is 4. The van der Waals surface area contributed by atoms with Gasteiger partial charge in [0.25, 0.3) is 0 Å². The van der Waals surface area contributed by atoms with Gasteiger partial charge in [0.2, 0.25) is 0 Å². The van der Waals surface area contributed by atoms with Crippen LogP contribution in [0.15, 0.2) is 24.9 Å². The minimum Gasteiger partial charge on any atom is -0.394 e. The van der Waals surface area contributed by atoms with Crippen LogP contribution in [0, 0.1) is 6.92 Å². The predicted molar refractivity (Wildman–Crippen MR) is 60.1 cm³/mol. The number of hydrogen-bond acceptors (Lipinski definition) is 6. The molecule has 2 aromatic rings. The zero-order valence-corrected chi connectivity index (χ0v) is 8.54. The Morgan fingerprint density at radius 2 is 1.94 bits per heavy atom. The summed E-state index contributed by atoms with van der Waals surface area (Å²) in [5.41, 5.74) is 13.0. The SMILES string of the molecule is [CH2]C(c1ccncn1)c1ncnc(N)c1N. The first-order chi connectivity index (χ1) is 7.70. The third-order valence-electron chi connectivity index (χ3n) is 2.24. The second-order valence-electron chi connectivity index (χ2n) is 3.24. The van der Waals surface area contributed by atoms with Crippen molar-refractivity contribution in [3.8, 4) is 0 Å². The van der Waals surface area contributed by atoms with Gasteiger partial charge in [-0.2, -0.15) is 0 Å². The van der Waals surface area contributed by atoms with Gasteiger partial charge in [0.05, 0.1) is 17.1 Å². The van der Waals surface area contributed by atoms with Gasteiger partial charge in [-0.05, 0) is 13.0 Å². The number of rotatable bonds is 2. The van der Waals surface area contributed by atoms with Gasteiger partial charge in [0.15, 0.2) is 0 Å². The summed E-state index contributed by atoms with van der Waals surface area (Å²) >= 11 is 0. The number of aromatic nitrogens is 4. The molecule has 1 unspecified atom stereocenters. The zero-order valence-electron chi connectivity index (χ0n) is 8.54. The summed E-state index contributed by atoms with van der Waals surface area (Å²) in [6.07, 6.45) is 4.45. The van der Waals surface area contributed by atoms with Crippen molar-refractivity contribution < 1.29 is 0 Å². The standard InChI is InChI=1S/C10H11N6/c1-6(7-2-3-13-4-14-7)9-8(11)10(12)16-5-15-9/h2-6H,1,11H2,(H2,12,15,16). The molecule has 6 nitrogen and oxygen atoms in total. The lowest BCUT2D eigenvalue weighted by molar-refractivity contribution is 0.884. The summed E-state index contributed by atoms with van der Waals surface area (Å²) < 4.78 is 0. The highest BCUT2D eigenvalue weighted by Gasteiger charge is 2.16. The Morgan fingerprint density at radius 3 is 2.62 bits per heavy atom. The molecule has 2 aromatic heterocycles. The van der Waals surface area contributed by atoms with E-state index in [1.807, 2.05) is 0 Å². The smallest absolute Gasteiger partial charge is 0.150 e. The average Bonchev–Trinajstić information content (AvgIpc) is 2.33. The third-order valence-corrected chi connectivity index (χ3v) is 2.24. The van der Waals surface area contributed by atoms with Crippen LogP contribution in [-0.4, -0.2) is 19.9 Å². The molecule has 0 saturated carbocycles. The molecule has 2 rings (SSSR count). The van der Waals surface area contributed by atoms with E-state index in [9.17, 15) is 0 Å². The molecule has 4 N–H and O–H groups in total. The van der Waals surface area contributed by atoms with Crippen LogP contribution in [0.25, 0.3) is 0 Å². The summed E-state index contributed by atoms with van der Waals surface area (Å²) in [4.78, 5) is 15.8. The van der Waals surface area contributed by atoms with E-state index in [4.69, 9.17) is 11.5 Å². The minimum absolute atomic E-state index is 0.257. The van der Waals surface area contributed by atoms with Gasteiger partial charge in [-0.3, -0.25) is 0 Å². The van der Waals surface area contributed by atoms with Crippen molar-refractivity contribution in [2.45, 2.75) is 5.92 Å². The van der Waals surface area contributed by atoms with Crippen LogP contribution in [0.3, 0.4) is 0 Å². The number of anilines is 2. The zero-order chi connectivity index (χ0) is 11.5. The molecule has 0 saturated heterocycles. The van der Waals surface area contributed by atoms with E-state index < -0.39 is 0 Å². The van der Waals surface area contributed by atoms with Gasteiger partial charge in [-0.15, -0.1) is 0 Å². The summed E-state index contributed by atoms with van der Waals surface area (Å²) in [6, 6.07) is 1.76. The van der Waals surface area contributed by atoms with Crippen molar-refractivity contribution in [3.63, 3.8) is 0 Å². The fourth-order valence-corrected chi connectivity index (χ4v) is 1.35. The number of nitrogens with two attached hydrogens (primary N) is 2. The Bertz CT molecular complexity index is 484. The van der Waals surface area contributed by atoms with Crippen LogP contribution in [-0.2, 0) is 0 Å². The van der Waals surface area contributed by atoms with Crippen molar-refractivity contribution >= 4 is 11.5 Å². The van der Waals surface area contributed by atoms with Crippen LogP contribution < -0.4 is 11.5 Å². The summed E-state index contributed by atoms with van der Waals surface area (Å²) in [5, 5.41) is 0. The van der Waals surface area contributed by atoms with E-state index in [-0.39, 0.29) is 11.7 Å². The first-order valence-electron chi connectivity index (χ1n) is 4.65. The molecule has 0 aliphatic heterocycles. The highest BCUT2D eigenvalue weighted by Crippen LogP contribution is 2.26. The first-order valence-corrected chi connectivity index (χ1v) is 4.65. The summed E-state index contributed by atoms with van der Waals surface area (Å²) in [6.45, 7) is 3.96. The van der Waals surface area contributed by atoms with Crippen LogP contribution in [0.5, 0.6) is 0 Å². The molecule has 6 heteroatoms. The van der Waals surface area contributed by atoms with Crippen LogP contribution >= 0.6 is 0 Å². The van der Waals surface area contributed by atoms with Crippen molar-refractivity contribution in [3.05, 3.63) is 43.2 Å². The Kier molecular flexibility index (Phi) is 2.63. The fourth-order valence-electron chi connectivity index (χ4n) is 1.35. The average molecular weight is 215 g/mol. The lowest BCUT2D eigenvalue weighted by Gasteiger charge is -2.12. The van der Waals surface area contributed by atoms with E-state index in [2.05, 4.69) is 26.9 Å². The molecule has 81 valence electrons. The maximum atomic E-state index is 5.79. The molecular formula is C10H11N6. The molecule has 0 aliphatic rings. The van der Waals surface area contributed by atoms with Crippen LogP contribution in [0.4, 0.5) is 11.5 Å². The fraction of sp³-hybridized carbons (Fsp3) is 0.100. The Hall–Kier alpha value is -2.24. The number of hydrogen-bond donors (Lipinski definition) is 2.